The van der Waals surface area contributed by atoms with Gasteiger partial charge in [0.05, 0.1) is 18.6 Å². The summed E-state index contributed by atoms with van der Waals surface area (Å²) in [4.78, 5) is 16.4. The van der Waals surface area contributed by atoms with Gasteiger partial charge in [-0.25, -0.2) is 5.43 Å². The molecule has 2 aromatic heterocycles. The van der Waals surface area contributed by atoms with Gasteiger partial charge in [0.2, 0.25) is 0 Å². The van der Waals surface area contributed by atoms with Crippen molar-refractivity contribution in [2.75, 3.05) is 12.9 Å². The summed E-state index contributed by atoms with van der Waals surface area (Å²) in [6, 6.07) is 21.1. The van der Waals surface area contributed by atoms with Gasteiger partial charge in [-0.3, -0.25) is 14.3 Å². The summed E-state index contributed by atoms with van der Waals surface area (Å²) in [7, 11) is 1.63. The molecule has 0 saturated carbocycles. The summed E-state index contributed by atoms with van der Waals surface area (Å²) in [6.45, 7) is 1.83. The summed E-state index contributed by atoms with van der Waals surface area (Å²) >= 11 is 1.29. The van der Waals surface area contributed by atoms with E-state index in [9.17, 15) is 4.79 Å². The van der Waals surface area contributed by atoms with Crippen LogP contribution in [0.5, 0.6) is 5.75 Å². The van der Waals surface area contributed by atoms with E-state index in [1.807, 2.05) is 78.2 Å². The second kappa shape index (κ2) is 10.6. The Bertz CT molecular complexity index is 1240. The molecule has 0 fully saturated rings. The van der Waals surface area contributed by atoms with Crippen molar-refractivity contribution in [3.05, 3.63) is 84.7 Å². The number of hydrazone groups is 1. The molecule has 9 heteroatoms. The molecule has 0 aliphatic heterocycles. The molecule has 2 aromatic carbocycles. The zero-order valence-electron chi connectivity index (χ0n) is 18.2. The van der Waals surface area contributed by atoms with Crippen LogP contribution >= 0.6 is 11.8 Å². The summed E-state index contributed by atoms with van der Waals surface area (Å²) < 4.78 is 7.19. The van der Waals surface area contributed by atoms with Gasteiger partial charge in [-0.1, -0.05) is 30.0 Å². The van der Waals surface area contributed by atoms with Crippen LogP contribution in [-0.4, -0.2) is 44.2 Å². The smallest absolute Gasteiger partial charge is 0.250 e. The molecule has 0 atom stereocenters. The number of aromatic nitrogens is 4. The lowest BCUT2D eigenvalue weighted by Gasteiger charge is -2.10. The Morgan fingerprint density at radius 3 is 2.45 bits per heavy atom. The normalized spacial score (nSPS) is 11.3. The van der Waals surface area contributed by atoms with Gasteiger partial charge < -0.3 is 4.74 Å². The minimum absolute atomic E-state index is 0.140. The van der Waals surface area contributed by atoms with Gasteiger partial charge in [-0.2, -0.15) is 5.10 Å². The second-order valence-electron chi connectivity index (χ2n) is 6.96. The van der Waals surface area contributed by atoms with Crippen LogP contribution in [0, 0.1) is 0 Å². The number of pyridine rings is 1. The number of nitrogens with one attached hydrogen (secondary N) is 1. The number of ether oxygens (including phenoxy) is 1. The van der Waals surface area contributed by atoms with Gasteiger partial charge >= 0.3 is 0 Å². The average molecular weight is 459 g/mol. The zero-order chi connectivity index (χ0) is 23.0. The Balaban J connectivity index is 1.52. The van der Waals surface area contributed by atoms with E-state index in [1.54, 1.807) is 19.5 Å². The van der Waals surface area contributed by atoms with Crippen molar-refractivity contribution < 1.29 is 9.53 Å². The van der Waals surface area contributed by atoms with Gasteiger partial charge in [-0.15, -0.1) is 10.2 Å². The van der Waals surface area contributed by atoms with Crippen LogP contribution in [0.25, 0.3) is 17.1 Å². The highest BCUT2D eigenvalue weighted by atomic mass is 32.2. The molecule has 33 heavy (non-hydrogen) atoms. The molecular formula is C24H22N6O2S. The molecule has 1 N–H and O–H groups in total. The van der Waals surface area contributed by atoms with Crippen LogP contribution in [0.3, 0.4) is 0 Å². The number of rotatable bonds is 8. The van der Waals surface area contributed by atoms with Crippen LogP contribution in [0.4, 0.5) is 0 Å². The summed E-state index contributed by atoms with van der Waals surface area (Å²) in [5.74, 6) is 1.35. The third-order valence-corrected chi connectivity index (χ3v) is 5.70. The number of methoxy groups -OCH3 is 1. The Labute approximate surface area is 195 Å². The molecule has 2 heterocycles. The van der Waals surface area contributed by atoms with Crippen LogP contribution in [0.2, 0.25) is 0 Å². The number of thioether (sulfide) groups is 1. The summed E-state index contributed by atoms with van der Waals surface area (Å²) in [5.41, 5.74) is 5.99. The topological polar surface area (TPSA) is 94.3 Å². The van der Waals surface area contributed by atoms with Crippen LogP contribution in [0.1, 0.15) is 12.5 Å². The SMILES string of the molecule is COc1ccc(-c2nnc(SCC(=O)N/N=C(\C)c3ccncc3)n2-c2ccccc2)cc1. The molecule has 0 spiro atoms. The fourth-order valence-corrected chi connectivity index (χ4v) is 3.81. The molecule has 0 bridgehead atoms. The number of benzene rings is 2. The molecule has 1 amide bonds. The average Bonchev–Trinajstić information content (AvgIpc) is 3.31. The van der Waals surface area contributed by atoms with Crippen molar-refractivity contribution in [3.63, 3.8) is 0 Å². The van der Waals surface area contributed by atoms with Crippen molar-refractivity contribution in [3.8, 4) is 22.8 Å². The molecule has 0 unspecified atom stereocenters. The third-order valence-electron chi connectivity index (χ3n) is 4.77. The van der Waals surface area contributed by atoms with E-state index in [1.165, 1.54) is 11.8 Å². The molecule has 4 rings (SSSR count). The quantitative estimate of drug-likeness (QED) is 0.244. The maximum Gasteiger partial charge on any atom is 0.250 e. The van der Waals surface area contributed by atoms with Crippen molar-refractivity contribution in [1.82, 2.24) is 25.2 Å². The second-order valence-corrected chi connectivity index (χ2v) is 7.90. The number of para-hydroxylation sites is 1. The van der Waals surface area contributed by atoms with Gasteiger partial charge in [0, 0.05) is 29.2 Å². The highest BCUT2D eigenvalue weighted by molar-refractivity contribution is 7.99. The summed E-state index contributed by atoms with van der Waals surface area (Å²) in [5, 5.41) is 13.5. The first-order valence-electron chi connectivity index (χ1n) is 10.2. The first kappa shape index (κ1) is 22.2. The Morgan fingerprint density at radius 2 is 1.76 bits per heavy atom. The fraction of sp³-hybridized carbons (Fsp3) is 0.125. The van der Waals surface area contributed by atoms with E-state index in [0.717, 1.165) is 22.6 Å². The maximum absolute atomic E-state index is 12.4. The zero-order valence-corrected chi connectivity index (χ0v) is 19.0. The lowest BCUT2D eigenvalue weighted by Crippen LogP contribution is -2.21. The van der Waals surface area contributed by atoms with Crippen molar-refractivity contribution in [2.45, 2.75) is 12.1 Å². The van der Waals surface area contributed by atoms with Crippen LogP contribution in [-0.2, 0) is 4.79 Å². The molecule has 8 nitrogen and oxygen atoms in total. The van der Waals surface area contributed by atoms with E-state index < -0.39 is 0 Å². The van der Waals surface area contributed by atoms with Crippen LogP contribution in [0.15, 0.2) is 89.4 Å². The number of carbonyl (C=O) groups is 1. The minimum atomic E-state index is -0.234. The Hall–Kier alpha value is -3.98. The van der Waals surface area contributed by atoms with Gasteiger partial charge in [0.15, 0.2) is 11.0 Å². The van der Waals surface area contributed by atoms with E-state index in [2.05, 4.69) is 25.7 Å². The Morgan fingerprint density at radius 1 is 1.03 bits per heavy atom. The molecular weight excluding hydrogens is 436 g/mol. The summed E-state index contributed by atoms with van der Waals surface area (Å²) in [6.07, 6.45) is 3.37. The van der Waals surface area contributed by atoms with E-state index in [0.29, 0.717) is 16.7 Å². The standard InChI is InChI=1S/C24H22N6O2S/c1-17(18-12-14-25-15-13-18)26-27-22(31)16-33-24-29-28-23(19-8-10-21(32-2)11-9-19)30(24)20-6-4-3-5-7-20/h3-15H,16H2,1-2H3,(H,27,31)/b26-17+. The number of carbonyl (C=O) groups excluding carboxylic acids is 1. The molecule has 0 saturated heterocycles. The monoisotopic (exact) mass is 458 g/mol. The molecule has 0 aliphatic rings. The fourth-order valence-electron chi connectivity index (χ4n) is 3.07. The van der Waals surface area contributed by atoms with Crippen molar-refractivity contribution >= 4 is 23.4 Å². The third kappa shape index (κ3) is 5.45. The maximum atomic E-state index is 12.4. The number of hydrogen-bond donors (Lipinski definition) is 1. The molecule has 0 radical (unpaired) electrons. The van der Waals surface area contributed by atoms with Crippen molar-refractivity contribution in [2.24, 2.45) is 5.10 Å². The van der Waals surface area contributed by atoms with E-state index in [-0.39, 0.29) is 11.7 Å². The van der Waals surface area contributed by atoms with Gasteiger partial charge in [0.1, 0.15) is 5.75 Å². The van der Waals surface area contributed by atoms with Gasteiger partial charge in [-0.05, 0) is 55.5 Å². The highest BCUT2D eigenvalue weighted by Gasteiger charge is 2.17. The number of nitrogens with zero attached hydrogens (tertiary/aromatic N) is 5. The highest BCUT2D eigenvalue weighted by Crippen LogP contribution is 2.28. The number of amides is 1. The predicted octanol–water partition coefficient (Wildman–Crippen LogP) is 3.97. The van der Waals surface area contributed by atoms with E-state index in [4.69, 9.17) is 4.74 Å². The Kier molecular flexibility index (Phi) is 7.11. The molecule has 4 aromatic rings. The molecule has 166 valence electrons. The lowest BCUT2D eigenvalue weighted by atomic mass is 10.2. The predicted molar refractivity (Wildman–Crippen MR) is 129 cm³/mol. The largest absolute Gasteiger partial charge is 0.497 e. The lowest BCUT2D eigenvalue weighted by molar-refractivity contribution is -0.118. The van der Waals surface area contributed by atoms with Crippen molar-refractivity contribution in [1.29, 1.82) is 0 Å². The minimum Gasteiger partial charge on any atom is -0.497 e. The van der Waals surface area contributed by atoms with Gasteiger partial charge in [0.25, 0.3) is 5.91 Å². The first-order chi connectivity index (χ1) is 16.2. The van der Waals surface area contributed by atoms with Crippen LogP contribution < -0.4 is 10.2 Å². The molecule has 0 aliphatic carbocycles. The first-order valence-corrected chi connectivity index (χ1v) is 11.2. The number of hydrogen-bond acceptors (Lipinski definition) is 7. The van der Waals surface area contributed by atoms with E-state index >= 15 is 0 Å².